The monoisotopic (exact) mass is 267 g/mol. The first-order valence-electron chi connectivity index (χ1n) is 4.36. The SMILES string of the molecule is CCS(=O)(=O)NCc1cccc(Cl)c1Cl. The molecule has 0 heterocycles. The molecule has 0 saturated carbocycles. The van der Waals surface area contributed by atoms with Crippen LogP contribution in [0.5, 0.6) is 0 Å². The summed E-state index contributed by atoms with van der Waals surface area (Å²) in [5.74, 6) is 0.0468. The lowest BCUT2D eigenvalue weighted by Gasteiger charge is -2.07. The average molecular weight is 268 g/mol. The van der Waals surface area contributed by atoms with Gasteiger partial charge >= 0.3 is 0 Å². The van der Waals surface area contributed by atoms with E-state index < -0.39 is 10.0 Å². The van der Waals surface area contributed by atoms with Gasteiger partial charge in [-0.05, 0) is 18.6 Å². The summed E-state index contributed by atoms with van der Waals surface area (Å²) in [4.78, 5) is 0. The summed E-state index contributed by atoms with van der Waals surface area (Å²) in [5.41, 5.74) is 0.668. The van der Waals surface area contributed by atoms with Crippen molar-refractivity contribution >= 4 is 33.2 Å². The molecule has 84 valence electrons. The van der Waals surface area contributed by atoms with Gasteiger partial charge in [0.05, 0.1) is 15.8 Å². The zero-order valence-electron chi connectivity index (χ0n) is 8.13. The van der Waals surface area contributed by atoms with Gasteiger partial charge in [0.1, 0.15) is 0 Å². The van der Waals surface area contributed by atoms with E-state index in [2.05, 4.69) is 4.72 Å². The van der Waals surface area contributed by atoms with Crippen molar-refractivity contribution < 1.29 is 8.42 Å². The number of benzene rings is 1. The van der Waals surface area contributed by atoms with E-state index >= 15 is 0 Å². The molecule has 0 aromatic heterocycles. The molecule has 1 aromatic carbocycles. The first-order chi connectivity index (χ1) is 6.96. The lowest BCUT2D eigenvalue weighted by Crippen LogP contribution is -2.24. The van der Waals surface area contributed by atoms with Gasteiger partial charge in [-0.3, -0.25) is 0 Å². The van der Waals surface area contributed by atoms with Gasteiger partial charge in [0, 0.05) is 6.54 Å². The van der Waals surface area contributed by atoms with Crippen LogP contribution in [0.4, 0.5) is 0 Å². The molecule has 1 N–H and O–H groups in total. The van der Waals surface area contributed by atoms with E-state index in [4.69, 9.17) is 23.2 Å². The fourth-order valence-electron chi connectivity index (χ4n) is 0.975. The minimum absolute atomic E-state index is 0.0468. The lowest BCUT2D eigenvalue weighted by atomic mass is 10.2. The van der Waals surface area contributed by atoms with Crippen LogP contribution in [0.2, 0.25) is 10.0 Å². The highest BCUT2D eigenvalue weighted by atomic mass is 35.5. The van der Waals surface area contributed by atoms with E-state index in [1.165, 1.54) is 0 Å². The largest absolute Gasteiger partial charge is 0.212 e. The van der Waals surface area contributed by atoms with Gasteiger partial charge in [0.25, 0.3) is 0 Å². The van der Waals surface area contributed by atoms with Crippen LogP contribution >= 0.6 is 23.2 Å². The van der Waals surface area contributed by atoms with Gasteiger partial charge < -0.3 is 0 Å². The van der Waals surface area contributed by atoms with E-state index in [9.17, 15) is 8.42 Å². The maximum absolute atomic E-state index is 11.2. The van der Waals surface area contributed by atoms with Crippen LogP contribution in [0, 0.1) is 0 Å². The molecule has 3 nitrogen and oxygen atoms in total. The minimum Gasteiger partial charge on any atom is -0.212 e. The van der Waals surface area contributed by atoms with Crippen LogP contribution in [0.15, 0.2) is 18.2 Å². The Hall–Kier alpha value is -0.290. The highest BCUT2D eigenvalue weighted by Crippen LogP contribution is 2.25. The molecular formula is C9H11Cl2NO2S. The van der Waals surface area contributed by atoms with Crippen molar-refractivity contribution in [1.29, 1.82) is 0 Å². The Balaban J connectivity index is 2.79. The molecule has 15 heavy (non-hydrogen) atoms. The summed E-state index contributed by atoms with van der Waals surface area (Å²) in [6.07, 6.45) is 0. The summed E-state index contributed by atoms with van der Waals surface area (Å²) in [7, 11) is -3.20. The summed E-state index contributed by atoms with van der Waals surface area (Å²) < 4.78 is 24.8. The van der Waals surface area contributed by atoms with Gasteiger partial charge in [0.15, 0.2) is 0 Å². The molecule has 0 radical (unpaired) electrons. The second kappa shape index (κ2) is 5.16. The quantitative estimate of drug-likeness (QED) is 0.911. The van der Waals surface area contributed by atoms with Crippen LogP contribution in [-0.4, -0.2) is 14.2 Å². The van der Waals surface area contributed by atoms with Crippen LogP contribution in [0.1, 0.15) is 12.5 Å². The van der Waals surface area contributed by atoms with Gasteiger partial charge in [-0.15, -0.1) is 0 Å². The third kappa shape index (κ3) is 3.65. The van der Waals surface area contributed by atoms with E-state index in [1.807, 2.05) is 0 Å². The van der Waals surface area contributed by atoms with E-state index in [0.29, 0.717) is 15.6 Å². The van der Waals surface area contributed by atoms with Crippen LogP contribution in [0.3, 0.4) is 0 Å². The average Bonchev–Trinajstić information content (AvgIpc) is 2.20. The number of halogens is 2. The first-order valence-corrected chi connectivity index (χ1v) is 6.77. The molecule has 0 aliphatic carbocycles. The number of hydrogen-bond acceptors (Lipinski definition) is 2. The number of rotatable bonds is 4. The van der Waals surface area contributed by atoms with Crippen molar-refractivity contribution in [3.63, 3.8) is 0 Å². The first kappa shape index (κ1) is 12.8. The molecule has 0 atom stereocenters. The topological polar surface area (TPSA) is 46.2 Å². The lowest BCUT2D eigenvalue weighted by molar-refractivity contribution is 0.582. The molecule has 1 rings (SSSR count). The van der Waals surface area contributed by atoms with E-state index in [0.717, 1.165) is 0 Å². The molecule has 6 heteroatoms. The Bertz CT molecular complexity index is 445. The second-order valence-corrected chi connectivity index (χ2v) is 5.82. The molecule has 1 aromatic rings. The van der Waals surface area contributed by atoms with Gasteiger partial charge in [0.2, 0.25) is 10.0 Å². The zero-order chi connectivity index (χ0) is 11.5. The number of nitrogens with one attached hydrogen (secondary N) is 1. The van der Waals surface area contributed by atoms with Crippen molar-refractivity contribution in [3.05, 3.63) is 33.8 Å². The van der Waals surface area contributed by atoms with E-state index in [1.54, 1.807) is 25.1 Å². The molecule has 0 fully saturated rings. The molecule has 0 amide bonds. The maximum atomic E-state index is 11.2. The second-order valence-electron chi connectivity index (χ2n) is 2.94. The van der Waals surface area contributed by atoms with Gasteiger partial charge in [-0.25, -0.2) is 13.1 Å². The predicted octanol–water partition coefficient (Wildman–Crippen LogP) is 2.43. The normalized spacial score (nSPS) is 11.7. The molecule has 0 bridgehead atoms. The highest BCUT2D eigenvalue weighted by molar-refractivity contribution is 7.89. The molecule has 0 saturated heterocycles. The minimum atomic E-state index is -3.20. The standard InChI is InChI=1S/C9H11Cl2NO2S/c1-2-15(13,14)12-6-7-4-3-5-8(10)9(7)11/h3-5,12H,2,6H2,1H3. The molecular weight excluding hydrogens is 257 g/mol. The Labute approximate surface area is 99.4 Å². The van der Waals surface area contributed by atoms with Crippen molar-refractivity contribution in [3.8, 4) is 0 Å². The summed E-state index contributed by atoms with van der Waals surface area (Å²) in [6.45, 7) is 1.73. The third-order valence-electron chi connectivity index (χ3n) is 1.89. The van der Waals surface area contributed by atoms with Crippen molar-refractivity contribution in [1.82, 2.24) is 4.72 Å². The fraction of sp³-hybridized carbons (Fsp3) is 0.333. The molecule has 0 aliphatic rings. The number of sulfonamides is 1. The number of hydrogen-bond donors (Lipinski definition) is 1. The highest BCUT2D eigenvalue weighted by Gasteiger charge is 2.09. The van der Waals surface area contributed by atoms with Crippen molar-refractivity contribution in [2.45, 2.75) is 13.5 Å². The Morgan fingerprint density at radius 2 is 2.00 bits per heavy atom. The summed E-state index contributed by atoms with van der Waals surface area (Å²) in [6, 6.07) is 5.11. The zero-order valence-corrected chi connectivity index (χ0v) is 10.5. The third-order valence-corrected chi connectivity index (χ3v) is 4.10. The summed E-state index contributed by atoms with van der Waals surface area (Å²) in [5, 5.41) is 0.808. The maximum Gasteiger partial charge on any atom is 0.211 e. The van der Waals surface area contributed by atoms with E-state index in [-0.39, 0.29) is 12.3 Å². The summed E-state index contributed by atoms with van der Waals surface area (Å²) >= 11 is 11.7. The van der Waals surface area contributed by atoms with Gasteiger partial charge in [-0.1, -0.05) is 35.3 Å². The Morgan fingerprint density at radius 1 is 1.33 bits per heavy atom. The van der Waals surface area contributed by atoms with Gasteiger partial charge in [-0.2, -0.15) is 0 Å². The fourth-order valence-corrected chi connectivity index (χ4v) is 1.94. The van der Waals surface area contributed by atoms with Crippen LogP contribution in [-0.2, 0) is 16.6 Å². The molecule has 0 spiro atoms. The van der Waals surface area contributed by atoms with Crippen LogP contribution in [0.25, 0.3) is 0 Å². The molecule has 0 unspecified atom stereocenters. The predicted molar refractivity (Wildman–Crippen MR) is 62.8 cm³/mol. The Morgan fingerprint density at radius 3 is 2.60 bits per heavy atom. The van der Waals surface area contributed by atoms with Crippen molar-refractivity contribution in [2.75, 3.05) is 5.75 Å². The molecule has 0 aliphatic heterocycles. The Kier molecular flexibility index (Phi) is 4.40. The van der Waals surface area contributed by atoms with Crippen LogP contribution < -0.4 is 4.72 Å². The van der Waals surface area contributed by atoms with Crippen molar-refractivity contribution in [2.24, 2.45) is 0 Å². The smallest absolute Gasteiger partial charge is 0.211 e.